The minimum Gasteiger partial charge on any atom is -0.286 e. The second-order valence-electron chi connectivity index (χ2n) is 1.56. The first-order valence-corrected chi connectivity index (χ1v) is 2.37. The minimum absolute atomic E-state index is 0.370. The Morgan fingerprint density at radius 1 is 1.88 bits per heavy atom. The third kappa shape index (κ3) is 0.869. The highest BCUT2D eigenvalue weighted by Gasteiger charge is 2.08. The van der Waals surface area contributed by atoms with Gasteiger partial charge in [0.2, 0.25) is 0 Å². The topological polar surface area (TPSA) is 40.5 Å². The summed E-state index contributed by atoms with van der Waals surface area (Å²) >= 11 is 0. The maximum absolute atomic E-state index is 10.4. The Bertz CT molecular complexity index is 130. The predicted octanol–water partition coefficient (Wildman–Crippen LogP) is -0.0327. The highest BCUT2D eigenvalue weighted by molar-refractivity contribution is 5.86. The molecule has 0 spiro atoms. The number of amides is 1. The normalized spacial score (nSPS) is 19.6. The molecule has 0 aromatic carbocycles. The van der Waals surface area contributed by atoms with Crippen molar-refractivity contribution < 1.29 is 10.0 Å². The minimum atomic E-state index is -0.378. The quantitative estimate of drug-likeness (QED) is 0.447. The third-order valence-corrected chi connectivity index (χ3v) is 0.948. The van der Waals surface area contributed by atoms with Gasteiger partial charge >= 0.3 is 0 Å². The lowest BCUT2D eigenvalue weighted by Gasteiger charge is -2.13. The Hall–Kier alpha value is -0.830. The zero-order valence-corrected chi connectivity index (χ0v) is 4.29. The molecule has 1 radical (unpaired) electrons. The molecule has 3 nitrogen and oxygen atoms in total. The van der Waals surface area contributed by atoms with E-state index in [4.69, 9.17) is 5.21 Å². The van der Waals surface area contributed by atoms with Crippen molar-refractivity contribution in [3.05, 3.63) is 12.2 Å². The van der Waals surface area contributed by atoms with Gasteiger partial charge in [-0.15, -0.1) is 0 Å². The van der Waals surface area contributed by atoms with Crippen LogP contribution in [0.5, 0.6) is 0 Å². The van der Waals surface area contributed by atoms with Crippen molar-refractivity contribution in [1.82, 2.24) is 5.06 Å². The molecular weight excluding hydrogens is 106 g/mol. The van der Waals surface area contributed by atoms with Crippen LogP contribution in [-0.2, 0) is 4.79 Å². The number of hydrogen-bond acceptors (Lipinski definition) is 2. The number of hydrogen-bond donors (Lipinski definition) is 1. The van der Waals surface area contributed by atoms with E-state index < -0.39 is 0 Å². The summed E-state index contributed by atoms with van der Waals surface area (Å²) in [4.78, 5) is 10.4. The van der Waals surface area contributed by atoms with E-state index in [1.165, 1.54) is 6.08 Å². The van der Waals surface area contributed by atoms with Crippen LogP contribution < -0.4 is 0 Å². The Morgan fingerprint density at radius 2 is 2.62 bits per heavy atom. The molecular formula is C5H6NO2. The molecule has 0 fully saturated rings. The Balaban J connectivity index is 2.60. The molecule has 43 valence electrons. The lowest BCUT2D eigenvalue weighted by Crippen LogP contribution is -2.28. The van der Waals surface area contributed by atoms with Gasteiger partial charge in [0.1, 0.15) is 0 Å². The van der Waals surface area contributed by atoms with Gasteiger partial charge in [-0.1, -0.05) is 0 Å². The summed E-state index contributed by atoms with van der Waals surface area (Å²) in [5.74, 6) is -0.378. The Kier molecular flexibility index (Phi) is 1.30. The fourth-order valence-electron chi connectivity index (χ4n) is 0.515. The highest BCUT2D eigenvalue weighted by atomic mass is 16.5. The first-order chi connectivity index (χ1) is 3.80. The molecule has 3 heteroatoms. The first-order valence-electron chi connectivity index (χ1n) is 2.37. The van der Waals surface area contributed by atoms with Crippen LogP contribution in [0.1, 0.15) is 6.42 Å². The summed E-state index contributed by atoms with van der Waals surface area (Å²) in [5.41, 5.74) is 0. The second kappa shape index (κ2) is 1.96. The molecule has 0 saturated heterocycles. The van der Waals surface area contributed by atoms with Crippen LogP contribution in [0.4, 0.5) is 0 Å². The van der Waals surface area contributed by atoms with Gasteiger partial charge in [0.05, 0.1) is 6.54 Å². The van der Waals surface area contributed by atoms with Crippen LogP contribution >= 0.6 is 0 Å². The number of carbonyl (C=O) groups is 1. The van der Waals surface area contributed by atoms with E-state index >= 15 is 0 Å². The van der Waals surface area contributed by atoms with Gasteiger partial charge in [0, 0.05) is 6.08 Å². The molecule has 1 amide bonds. The Labute approximate surface area is 47.2 Å². The summed E-state index contributed by atoms with van der Waals surface area (Å²) in [6, 6.07) is 0. The molecule has 1 N–H and O–H groups in total. The van der Waals surface area contributed by atoms with E-state index in [1.807, 2.05) is 0 Å². The number of rotatable bonds is 0. The summed E-state index contributed by atoms with van der Waals surface area (Å²) in [5, 5.41) is 9.27. The van der Waals surface area contributed by atoms with Crippen LogP contribution in [0.25, 0.3) is 0 Å². The van der Waals surface area contributed by atoms with Crippen LogP contribution in [0.15, 0.2) is 6.08 Å². The van der Waals surface area contributed by atoms with Crippen molar-refractivity contribution in [2.45, 2.75) is 6.42 Å². The van der Waals surface area contributed by atoms with Gasteiger partial charge in [-0.25, -0.2) is 5.06 Å². The molecule has 0 atom stereocenters. The van der Waals surface area contributed by atoms with Crippen molar-refractivity contribution in [1.29, 1.82) is 0 Å². The monoisotopic (exact) mass is 112 g/mol. The van der Waals surface area contributed by atoms with E-state index in [9.17, 15) is 4.79 Å². The van der Waals surface area contributed by atoms with Crippen molar-refractivity contribution in [3.8, 4) is 0 Å². The van der Waals surface area contributed by atoms with E-state index in [0.717, 1.165) is 0 Å². The van der Waals surface area contributed by atoms with Crippen LogP contribution in [0.3, 0.4) is 0 Å². The zero-order chi connectivity index (χ0) is 5.98. The molecule has 1 aliphatic heterocycles. The average Bonchev–Trinajstić information content (AvgIpc) is 1.77. The van der Waals surface area contributed by atoms with Gasteiger partial charge in [0.25, 0.3) is 5.91 Å². The number of hydroxylamine groups is 2. The predicted molar refractivity (Wildman–Crippen MR) is 25.9 cm³/mol. The van der Waals surface area contributed by atoms with Gasteiger partial charge in [-0.05, 0) is 12.5 Å². The summed E-state index contributed by atoms with van der Waals surface area (Å²) in [6.07, 6.45) is 4.56. The molecule has 1 rings (SSSR count). The lowest BCUT2D eigenvalue weighted by molar-refractivity contribution is -0.160. The molecule has 0 aromatic heterocycles. The molecule has 0 unspecified atom stereocenters. The molecule has 1 aliphatic rings. The fourth-order valence-corrected chi connectivity index (χ4v) is 0.515. The van der Waals surface area contributed by atoms with Crippen LogP contribution in [0, 0.1) is 6.08 Å². The van der Waals surface area contributed by atoms with Gasteiger partial charge in [-0.2, -0.15) is 0 Å². The molecule has 0 saturated carbocycles. The van der Waals surface area contributed by atoms with Crippen LogP contribution in [-0.4, -0.2) is 22.7 Å². The van der Waals surface area contributed by atoms with Crippen LogP contribution in [0.2, 0.25) is 0 Å². The molecule has 8 heavy (non-hydrogen) atoms. The van der Waals surface area contributed by atoms with Crippen molar-refractivity contribution >= 4 is 5.91 Å². The highest BCUT2D eigenvalue weighted by Crippen LogP contribution is 1.96. The largest absolute Gasteiger partial charge is 0.286 e. The standard InChI is InChI=1S/C5H6NO2/c7-5-3-1-2-4-6(5)8/h3,8H,2,4H2. The third-order valence-electron chi connectivity index (χ3n) is 0.948. The van der Waals surface area contributed by atoms with E-state index in [2.05, 4.69) is 6.08 Å². The molecule has 0 bridgehead atoms. The summed E-state index contributed by atoms with van der Waals surface area (Å²) < 4.78 is 0. The van der Waals surface area contributed by atoms with Gasteiger partial charge in [0.15, 0.2) is 0 Å². The molecule has 0 aliphatic carbocycles. The van der Waals surface area contributed by atoms with Crippen molar-refractivity contribution in [3.63, 3.8) is 0 Å². The summed E-state index contributed by atoms with van der Waals surface area (Å²) in [6.45, 7) is 0.370. The zero-order valence-electron chi connectivity index (χ0n) is 4.29. The van der Waals surface area contributed by atoms with E-state index in [-0.39, 0.29) is 5.91 Å². The van der Waals surface area contributed by atoms with Crippen molar-refractivity contribution in [2.75, 3.05) is 6.54 Å². The van der Waals surface area contributed by atoms with E-state index in [0.29, 0.717) is 18.0 Å². The van der Waals surface area contributed by atoms with Gasteiger partial charge in [-0.3, -0.25) is 10.0 Å². The maximum Gasteiger partial charge on any atom is 0.270 e. The molecule has 1 heterocycles. The number of carbonyl (C=O) groups excluding carboxylic acids is 1. The fraction of sp³-hybridized carbons (Fsp3) is 0.400. The molecule has 0 aromatic rings. The second-order valence-corrected chi connectivity index (χ2v) is 1.56. The summed E-state index contributed by atoms with van der Waals surface area (Å²) in [7, 11) is 0. The maximum atomic E-state index is 10.4. The van der Waals surface area contributed by atoms with E-state index in [1.54, 1.807) is 0 Å². The average molecular weight is 112 g/mol. The smallest absolute Gasteiger partial charge is 0.270 e. The van der Waals surface area contributed by atoms with Crippen molar-refractivity contribution in [2.24, 2.45) is 0 Å². The number of nitrogens with zero attached hydrogens (tertiary/aromatic N) is 1. The lowest BCUT2D eigenvalue weighted by atomic mass is 10.3. The Morgan fingerprint density at radius 3 is 3.00 bits per heavy atom. The SMILES string of the molecule is O=C1C=[C]CCN1O. The first kappa shape index (κ1) is 5.31. The van der Waals surface area contributed by atoms with Gasteiger partial charge < -0.3 is 0 Å².